The van der Waals surface area contributed by atoms with Crippen molar-refractivity contribution in [3.05, 3.63) is 35.9 Å². The van der Waals surface area contributed by atoms with E-state index in [4.69, 9.17) is 5.11 Å². The number of carbonyl (C=O) groups is 1. The molecule has 0 radical (unpaired) electrons. The smallest absolute Gasteiger partial charge is 0.306 e. The van der Waals surface area contributed by atoms with E-state index in [9.17, 15) is 9.90 Å². The Morgan fingerprint density at radius 3 is 2.38 bits per heavy atom. The van der Waals surface area contributed by atoms with Crippen LogP contribution in [0, 0.1) is 0 Å². The van der Waals surface area contributed by atoms with E-state index in [1.807, 2.05) is 6.07 Å². The SMILES string of the molecule is C[C@@](O)(CC(=O)O)c1ccccc1. The Morgan fingerprint density at radius 2 is 1.92 bits per heavy atom. The molecule has 0 saturated heterocycles. The van der Waals surface area contributed by atoms with Gasteiger partial charge in [-0.15, -0.1) is 0 Å². The summed E-state index contributed by atoms with van der Waals surface area (Å²) in [6.45, 7) is 1.50. The fourth-order valence-electron chi connectivity index (χ4n) is 1.19. The quantitative estimate of drug-likeness (QED) is 0.738. The van der Waals surface area contributed by atoms with E-state index in [2.05, 4.69) is 0 Å². The largest absolute Gasteiger partial charge is 0.481 e. The average molecular weight is 180 g/mol. The van der Waals surface area contributed by atoms with Crippen molar-refractivity contribution in [1.29, 1.82) is 0 Å². The van der Waals surface area contributed by atoms with Crippen molar-refractivity contribution in [1.82, 2.24) is 0 Å². The average Bonchev–Trinajstić information content (AvgIpc) is 2.04. The van der Waals surface area contributed by atoms with Crippen LogP contribution in [0.25, 0.3) is 0 Å². The van der Waals surface area contributed by atoms with E-state index >= 15 is 0 Å². The van der Waals surface area contributed by atoms with Crippen LogP contribution >= 0.6 is 0 Å². The highest BCUT2D eigenvalue weighted by molar-refractivity contribution is 5.68. The summed E-state index contributed by atoms with van der Waals surface area (Å²) < 4.78 is 0. The number of rotatable bonds is 3. The van der Waals surface area contributed by atoms with Crippen LogP contribution in [-0.2, 0) is 10.4 Å². The van der Waals surface area contributed by atoms with Crippen LogP contribution in [-0.4, -0.2) is 16.2 Å². The van der Waals surface area contributed by atoms with Crippen LogP contribution in [0.1, 0.15) is 18.9 Å². The zero-order valence-corrected chi connectivity index (χ0v) is 7.40. The highest BCUT2D eigenvalue weighted by atomic mass is 16.4. The highest BCUT2D eigenvalue weighted by Crippen LogP contribution is 2.23. The summed E-state index contributed by atoms with van der Waals surface area (Å²) in [5.41, 5.74) is -0.662. The molecule has 1 rings (SSSR count). The Bertz CT molecular complexity index is 290. The first-order chi connectivity index (χ1) is 6.02. The predicted octanol–water partition coefficient (Wildman–Crippen LogP) is 1.37. The van der Waals surface area contributed by atoms with Gasteiger partial charge in [0.25, 0.3) is 0 Å². The van der Waals surface area contributed by atoms with E-state index in [-0.39, 0.29) is 6.42 Å². The highest BCUT2D eigenvalue weighted by Gasteiger charge is 2.25. The lowest BCUT2D eigenvalue weighted by molar-refractivity contribution is -0.142. The summed E-state index contributed by atoms with van der Waals surface area (Å²) in [5, 5.41) is 18.3. The number of aliphatic hydroxyl groups is 1. The molecule has 0 aliphatic heterocycles. The molecule has 0 aliphatic carbocycles. The molecule has 0 bridgehead atoms. The molecule has 0 fully saturated rings. The van der Waals surface area contributed by atoms with Gasteiger partial charge in [0, 0.05) is 0 Å². The van der Waals surface area contributed by atoms with Gasteiger partial charge >= 0.3 is 5.97 Å². The van der Waals surface area contributed by atoms with Gasteiger partial charge in [-0.2, -0.15) is 0 Å². The molecule has 1 aromatic rings. The molecule has 3 nitrogen and oxygen atoms in total. The maximum atomic E-state index is 10.4. The van der Waals surface area contributed by atoms with Gasteiger partial charge in [0.05, 0.1) is 12.0 Å². The fraction of sp³-hybridized carbons (Fsp3) is 0.300. The van der Waals surface area contributed by atoms with Crippen molar-refractivity contribution >= 4 is 5.97 Å². The van der Waals surface area contributed by atoms with Crippen LogP contribution in [0.3, 0.4) is 0 Å². The van der Waals surface area contributed by atoms with Gasteiger partial charge in [0.2, 0.25) is 0 Å². The van der Waals surface area contributed by atoms with Gasteiger partial charge in [0.15, 0.2) is 0 Å². The standard InChI is InChI=1S/C10H12O3/c1-10(13,7-9(11)12)8-5-3-2-4-6-8/h2-6,13H,7H2,1H3,(H,11,12)/t10-/m1/s1. The Balaban J connectivity index is 2.87. The predicted molar refractivity (Wildman–Crippen MR) is 48.3 cm³/mol. The molecular weight excluding hydrogens is 168 g/mol. The lowest BCUT2D eigenvalue weighted by atomic mass is 9.93. The molecule has 3 heteroatoms. The van der Waals surface area contributed by atoms with E-state index in [0.29, 0.717) is 5.56 Å². The number of aliphatic carboxylic acids is 1. The molecule has 0 saturated carbocycles. The molecule has 0 spiro atoms. The lowest BCUT2D eigenvalue weighted by Crippen LogP contribution is -2.24. The normalized spacial score (nSPS) is 14.9. The summed E-state index contributed by atoms with van der Waals surface area (Å²) in [6, 6.07) is 8.78. The number of carboxylic acids is 1. The van der Waals surface area contributed by atoms with Crippen LogP contribution in [0.4, 0.5) is 0 Å². The first-order valence-corrected chi connectivity index (χ1v) is 4.02. The molecule has 0 amide bonds. The Morgan fingerprint density at radius 1 is 1.38 bits per heavy atom. The maximum Gasteiger partial charge on any atom is 0.306 e. The van der Waals surface area contributed by atoms with Gasteiger partial charge in [-0.25, -0.2) is 0 Å². The molecule has 13 heavy (non-hydrogen) atoms. The summed E-state index contributed by atoms with van der Waals surface area (Å²) in [5.74, 6) is -1.01. The van der Waals surface area contributed by atoms with Crippen LogP contribution in [0.15, 0.2) is 30.3 Å². The maximum absolute atomic E-state index is 10.4. The summed E-state index contributed by atoms with van der Waals surface area (Å²) >= 11 is 0. The molecule has 1 atom stereocenters. The number of carboxylic acid groups (broad SMARTS) is 1. The minimum Gasteiger partial charge on any atom is -0.481 e. The second-order valence-electron chi connectivity index (χ2n) is 3.21. The molecular formula is C10H12O3. The fourth-order valence-corrected chi connectivity index (χ4v) is 1.19. The summed E-state index contributed by atoms with van der Waals surface area (Å²) in [7, 11) is 0. The second kappa shape index (κ2) is 3.58. The minimum atomic E-state index is -1.28. The third-order valence-corrected chi connectivity index (χ3v) is 1.89. The molecule has 0 unspecified atom stereocenters. The Labute approximate surface area is 76.6 Å². The zero-order valence-electron chi connectivity index (χ0n) is 7.40. The Kier molecular flexibility index (Phi) is 2.68. The van der Waals surface area contributed by atoms with Crippen molar-refractivity contribution < 1.29 is 15.0 Å². The van der Waals surface area contributed by atoms with Gasteiger partial charge in [-0.1, -0.05) is 30.3 Å². The first-order valence-electron chi connectivity index (χ1n) is 4.02. The van der Waals surface area contributed by atoms with Crippen molar-refractivity contribution in [3.8, 4) is 0 Å². The third-order valence-electron chi connectivity index (χ3n) is 1.89. The number of benzene rings is 1. The monoisotopic (exact) mass is 180 g/mol. The molecule has 0 aliphatic rings. The molecule has 0 aromatic heterocycles. The first kappa shape index (κ1) is 9.74. The van der Waals surface area contributed by atoms with E-state index < -0.39 is 11.6 Å². The van der Waals surface area contributed by atoms with E-state index in [0.717, 1.165) is 0 Å². The van der Waals surface area contributed by atoms with Gasteiger partial charge < -0.3 is 10.2 Å². The van der Waals surface area contributed by atoms with Crippen molar-refractivity contribution in [2.75, 3.05) is 0 Å². The third kappa shape index (κ3) is 2.56. The topological polar surface area (TPSA) is 57.5 Å². The lowest BCUT2D eigenvalue weighted by Gasteiger charge is -2.21. The zero-order chi connectivity index (χ0) is 9.90. The van der Waals surface area contributed by atoms with E-state index in [1.54, 1.807) is 24.3 Å². The molecule has 2 N–H and O–H groups in total. The van der Waals surface area contributed by atoms with Crippen LogP contribution in [0.5, 0.6) is 0 Å². The van der Waals surface area contributed by atoms with Crippen molar-refractivity contribution in [3.63, 3.8) is 0 Å². The van der Waals surface area contributed by atoms with Gasteiger partial charge in [-0.05, 0) is 12.5 Å². The molecule has 70 valence electrons. The number of hydrogen-bond acceptors (Lipinski definition) is 2. The second-order valence-corrected chi connectivity index (χ2v) is 3.21. The van der Waals surface area contributed by atoms with Crippen molar-refractivity contribution in [2.45, 2.75) is 18.9 Å². The minimum absolute atomic E-state index is 0.281. The van der Waals surface area contributed by atoms with E-state index in [1.165, 1.54) is 6.92 Å². The Hall–Kier alpha value is -1.35. The summed E-state index contributed by atoms with van der Waals surface area (Å²) in [6.07, 6.45) is -0.281. The molecule has 0 heterocycles. The number of hydrogen-bond donors (Lipinski definition) is 2. The van der Waals surface area contributed by atoms with Crippen LogP contribution < -0.4 is 0 Å². The van der Waals surface area contributed by atoms with Gasteiger partial charge in [0.1, 0.15) is 0 Å². The van der Waals surface area contributed by atoms with Gasteiger partial charge in [-0.3, -0.25) is 4.79 Å². The molecule has 1 aromatic carbocycles. The van der Waals surface area contributed by atoms with Crippen LogP contribution in [0.2, 0.25) is 0 Å². The van der Waals surface area contributed by atoms with Crippen molar-refractivity contribution in [2.24, 2.45) is 0 Å². The summed E-state index contributed by atoms with van der Waals surface area (Å²) in [4.78, 5) is 10.4.